The van der Waals surface area contributed by atoms with Crippen molar-refractivity contribution in [3.05, 3.63) is 107 Å². The van der Waals surface area contributed by atoms with Gasteiger partial charge >= 0.3 is 5.97 Å². The summed E-state index contributed by atoms with van der Waals surface area (Å²) in [6.45, 7) is 7.89. The van der Waals surface area contributed by atoms with Gasteiger partial charge in [-0.2, -0.15) is 0 Å². The molecule has 1 aromatic heterocycles. The molecule has 39 heavy (non-hydrogen) atoms. The minimum Gasteiger partial charge on any atom is -0.478 e. The fourth-order valence-corrected chi connectivity index (χ4v) is 7.38. The van der Waals surface area contributed by atoms with Crippen LogP contribution in [0.4, 0.5) is 0 Å². The lowest BCUT2D eigenvalue weighted by molar-refractivity contribution is 0.0679. The largest absolute Gasteiger partial charge is 0.478 e. The van der Waals surface area contributed by atoms with Crippen molar-refractivity contribution in [3.63, 3.8) is 0 Å². The van der Waals surface area contributed by atoms with E-state index in [1.54, 1.807) is 23.5 Å². The first-order valence-electron chi connectivity index (χ1n) is 13.2. The van der Waals surface area contributed by atoms with Crippen LogP contribution >= 0.6 is 11.3 Å². The quantitative estimate of drug-likeness (QED) is 0.274. The minimum atomic E-state index is -0.921. The summed E-state index contributed by atoms with van der Waals surface area (Å²) in [5, 5.41) is 10.1. The van der Waals surface area contributed by atoms with Crippen LogP contribution in [0.5, 0.6) is 0 Å². The minimum absolute atomic E-state index is 0.0261. The van der Waals surface area contributed by atoms with E-state index in [4.69, 9.17) is 4.98 Å². The number of hydrogen-bond acceptors (Lipinski definition) is 4. The summed E-state index contributed by atoms with van der Waals surface area (Å²) in [6.07, 6.45) is 5.32. The number of carboxylic acids is 1. The number of nitrogens with zero attached hydrogens (tertiary/aromatic N) is 2. The van der Waals surface area contributed by atoms with Crippen LogP contribution in [0, 0.1) is 10.8 Å². The fraction of sp³-hybridized carbons (Fsp3) is 0.242. The second kappa shape index (κ2) is 9.31. The van der Waals surface area contributed by atoms with E-state index in [9.17, 15) is 14.7 Å². The Morgan fingerprint density at radius 2 is 1.64 bits per heavy atom. The Morgan fingerprint density at radius 3 is 2.38 bits per heavy atom. The highest BCUT2D eigenvalue weighted by Gasteiger charge is 2.46. The fourth-order valence-electron chi connectivity index (χ4n) is 6.37. The van der Waals surface area contributed by atoms with Gasteiger partial charge in [0.05, 0.1) is 15.8 Å². The van der Waals surface area contributed by atoms with Crippen LogP contribution in [-0.4, -0.2) is 40.0 Å². The number of carbonyl (C=O) groups is 2. The molecule has 1 aliphatic carbocycles. The van der Waals surface area contributed by atoms with Gasteiger partial charge in [0.25, 0.3) is 5.91 Å². The SMILES string of the molecule is CC1(C)C(c2ccc(C(=O)O)cc2)=CC[C@]2(C)CN(C(=O)c3ccccc3-c3nc4ccccc4s3)CC=C12. The number of benzene rings is 3. The zero-order valence-electron chi connectivity index (χ0n) is 22.3. The predicted molar refractivity (Wildman–Crippen MR) is 157 cm³/mol. The van der Waals surface area contributed by atoms with Gasteiger partial charge in [-0.1, -0.05) is 81.0 Å². The number of aromatic nitrogens is 1. The van der Waals surface area contributed by atoms with Gasteiger partial charge in [-0.3, -0.25) is 4.79 Å². The lowest BCUT2D eigenvalue weighted by atomic mass is 9.58. The molecule has 196 valence electrons. The molecule has 3 aromatic carbocycles. The number of rotatable bonds is 4. The average molecular weight is 535 g/mol. The van der Waals surface area contributed by atoms with Crippen LogP contribution in [0.3, 0.4) is 0 Å². The van der Waals surface area contributed by atoms with E-state index >= 15 is 0 Å². The number of carbonyl (C=O) groups excluding carboxylic acids is 1. The van der Waals surface area contributed by atoms with Crippen molar-refractivity contribution >= 4 is 39.0 Å². The zero-order chi connectivity index (χ0) is 27.4. The number of para-hydroxylation sites is 1. The van der Waals surface area contributed by atoms with Crippen molar-refractivity contribution < 1.29 is 14.7 Å². The molecule has 1 amide bonds. The number of allylic oxidation sites excluding steroid dienone is 2. The van der Waals surface area contributed by atoms with Gasteiger partial charge in [-0.05, 0) is 47.9 Å². The smallest absolute Gasteiger partial charge is 0.335 e. The lowest BCUT2D eigenvalue weighted by Gasteiger charge is -2.50. The monoisotopic (exact) mass is 534 g/mol. The van der Waals surface area contributed by atoms with Crippen molar-refractivity contribution in [1.82, 2.24) is 9.88 Å². The van der Waals surface area contributed by atoms with Gasteiger partial charge < -0.3 is 10.0 Å². The van der Waals surface area contributed by atoms with Crippen LogP contribution in [0.1, 0.15) is 53.5 Å². The third-order valence-electron chi connectivity index (χ3n) is 8.22. The Kier molecular flexibility index (Phi) is 6.03. The van der Waals surface area contributed by atoms with E-state index < -0.39 is 5.97 Å². The van der Waals surface area contributed by atoms with Gasteiger partial charge in [0, 0.05) is 35.0 Å². The highest BCUT2D eigenvalue weighted by atomic mass is 32.1. The number of aromatic carboxylic acids is 1. The lowest BCUT2D eigenvalue weighted by Crippen LogP contribution is -2.48. The maximum Gasteiger partial charge on any atom is 0.335 e. The molecule has 4 aromatic rings. The highest BCUT2D eigenvalue weighted by molar-refractivity contribution is 7.21. The number of hydrogen-bond donors (Lipinski definition) is 1. The highest BCUT2D eigenvalue weighted by Crippen LogP contribution is 2.55. The third-order valence-corrected chi connectivity index (χ3v) is 9.29. The Hall–Kier alpha value is -4.03. The molecule has 2 heterocycles. The Morgan fingerprint density at radius 1 is 0.923 bits per heavy atom. The van der Waals surface area contributed by atoms with Gasteiger partial charge in [0.2, 0.25) is 0 Å². The number of fused-ring (bicyclic) bond motifs is 2. The summed E-state index contributed by atoms with van der Waals surface area (Å²) in [7, 11) is 0. The maximum atomic E-state index is 14.0. The molecule has 0 spiro atoms. The molecule has 0 fully saturated rings. The predicted octanol–water partition coefficient (Wildman–Crippen LogP) is 7.56. The van der Waals surface area contributed by atoms with Crippen LogP contribution in [0.15, 0.2) is 90.5 Å². The maximum absolute atomic E-state index is 14.0. The summed E-state index contributed by atoms with van der Waals surface area (Å²) in [5.41, 5.74) is 5.93. The summed E-state index contributed by atoms with van der Waals surface area (Å²) < 4.78 is 1.11. The second-order valence-corrected chi connectivity index (χ2v) is 12.3. The molecule has 6 rings (SSSR count). The number of amides is 1. The van der Waals surface area contributed by atoms with Crippen LogP contribution in [-0.2, 0) is 0 Å². The first kappa shape index (κ1) is 25.3. The molecule has 1 aliphatic heterocycles. The van der Waals surface area contributed by atoms with Crippen molar-refractivity contribution in [2.45, 2.75) is 27.2 Å². The molecule has 2 aliphatic rings. The molecule has 0 saturated heterocycles. The first-order chi connectivity index (χ1) is 18.7. The van der Waals surface area contributed by atoms with Gasteiger partial charge in [-0.25, -0.2) is 9.78 Å². The summed E-state index contributed by atoms with van der Waals surface area (Å²) in [5.74, 6) is -0.895. The normalized spacial score (nSPS) is 20.2. The van der Waals surface area contributed by atoms with Crippen molar-refractivity contribution in [2.24, 2.45) is 10.8 Å². The molecule has 0 radical (unpaired) electrons. The van der Waals surface area contributed by atoms with Gasteiger partial charge in [0.15, 0.2) is 0 Å². The molecule has 1 atom stereocenters. The molecule has 6 heteroatoms. The standard InChI is InChI=1S/C33H30N2O3S/c1-32(2)25(21-12-14-22(15-13-21)31(37)38)16-18-33(3)20-35(19-17-28(32)33)30(36)24-9-5-4-8-23(24)29-34-26-10-6-7-11-27(26)39-29/h4-17H,18-20H2,1-3H3,(H,37,38)/t33-/m1/s1. The molecule has 0 saturated carbocycles. The molecule has 0 unspecified atom stereocenters. The summed E-state index contributed by atoms with van der Waals surface area (Å²) in [6, 6.07) is 23.0. The zero-order valence-corrected chi connectivity index (χ0v) is 23.1. The van der Waals surface area contributed by atoms with Gasteiger partial charge in [-0.15, -0.1) is 11.3 Å². The number of thiazole rings is 1. The van der Waals surface area contributed by atoms with Crippen molar-refractivity contribution in [3.8, 4) is 10.6 Å². The van der Waals surface area contributed by atoms with E-state index in [-0.39, 0.29) is 22.3 Å². The Bertz CT molecular complexity index is 1650. The Labute approximate surface area is 232 Å². The molecule has 5 nitrogen and oxygen atoms in total. The van der Waals surface area contributed by atoms with Gasteiger partial charge in [0.1, 0.15) is 5.01 Å². The second-order valence-electron chi connectivity index (χ2n) is 11.2. The topological polar surface area (TPSA) is 70.5 Å². The van der Waals surface area contributed by atoms with Crippen LogP contribution in [0.2, 0.25) is 0 Å². The summed E-state index contributed by atoms with van der Waals surface area (Å²) >= 11 is 1.61. The third kappa shape index (κ3) is 4.29. The van der Waals surface area contributed by atoms with Crippen molar-refractivity contribution in [1.29, 1.82) is 0 Å². The molecular weight excluding hydrogens is 504 g/mol. The molecule has 0 bridgehead atoms. The number of carboxylic acid groups (broad SMARTS) is 1. The summed E-state index contributed by atoms with van der Waals surface area (Å²) in [4.78, 5) is 32.1. The van der Waals surface area contributed by atoms with Crippen LogP contribution < -0.4 is 0 Å². The van der Waals surface area contributed by atoms with E-state index in [0.717, 1.165) is 32.8 Å². The van der Waals surface area contributed by atoms with Crippen LogP contribution in [0.25, 0.3) is 26.4 Å². The van der Waals surface area contributed by atoms with E-state index in [1.807, 2.05) is 59.5 Å². The van der Waals surface area contributed by atoms with E-state index in [1.165, 1.54) is 11.1 Å². The Balaban J connectivity index is 1.30. The van der Waals surface area contributed by atoms with E-state index in [0.29, 0.717) is 18.7 Å². The molecule has 1 N–H and O–H groups in total. The average Bonchev–Trinajstić information content (AvgIpc) is 3.36. The van der Waals surface area contributed by atoms with Crippen molar-refractivity contribution in [2.75, 3.05) is 13.1 Å². The first-order valence-corrected chi connectivity index (χ1v) is 14.0. The molecular formula is C33H30N2O3S. The van der Waals surface area contributed by atoms with E-state index in [2.05, 4.69) is 39.0 Å².